The molecule has 0 atom stereocenters. The van der Waals surface area contributed by atoms with Gasteiger partial charge in [-0.2, -0.15) is 0 Å². The largest absolute Gasteiger partial charge is 0.400 e. The molecule has 134 valence electrons. The molecule has 0 aliphatic carbocycles. The Morgan fingerprint density at radius 2 is 1.50 bits per heavy atom. The molecule has 0 spiro atoms. The summed E-state index contributed by atoms with van der Waals surface area (Å²) >= 11 is 0. The van der Waals surface area contributed by atoms with Crippen molar-refractivity contribution in [3.8, 4) is 0 Å². The fourth-order valence-corrected chi connectivity index (χ4v) is 1.97. The zero-order chi connectivity index (χ0) is 18.1. The van der Waals surface area contributed by atoms with Gasteiger partial charge in [-0.05, 0) is 30.6 Å². The Labute approximate surface area is 138 Å². The lowest BCUT2D eigenvalue weighted by Gasteiger charge is -2.42. The molecular weight excluding hydrogens is 278 g/mol. The number of hydrogen-bond acceptors (Lipinski definition) is 3. The Kier molecular flexibility index (Phi) is 11.0. The van der Waals surface area contributed by atoms with Crippen molar-refractivity contribution >= 4 is 5.91 Å². The molecule has 0 aliphatic heterocycles. The molecule has 1 amide bonds. The van der Waals surface area contributed by atoms with E-state index in [1.54, 1.807) is 0 Å². The Morgan fingerprint density at radius 1 is 1.05 bits per heavy atom. The Balaban J connectivity index is 0. The van der Waals surface area contributed by atoms with Gasteiger partial charge in [-0.25, -0.2) is 0 Å². The van der Waals surface area contributed by atoms with E-state index < -0.39 is 0 Å². The van der Waals surface area contributed by atoms with E-state index in [0.29, 0.717) is 18.9 Å². The van der Waals surface area contributed by atoms with Crippen LogP contribution in [0.3, 0.4) is 0 Å². The molecule has 0 aromatic heterocycles. The Bertz CT molecular complexity index is 309. The molecule has 0 unspecified atom stereocenters. The van der Waals surface area contributed by atoms with E-state index in [9.17, 15) is 4.79 Å². The van der Waals surface area contributed by atoms with Crippen LogP contribution >= 0.6 is 0 Å². The summed E-state index contributed by atoms with van der Waals surface area (Å²) in [4.78, 5) is 14.2. The summed E-state index contributed by atoms with van der Waals surface area (Å²) in [5.41, 5.74) is -0.129. The van der Waals surface area contributed by atoms with Gasteiger partial charge in [0.2, 0.25) is 5.91 Å². The fraction of sp³-hybridized carbons (Fsp3) is 0.944. The lowest BCUT2D eigenvalue weighted by molar-refractivity contribution is -0.135. The van der Waals surface area contributed by atoms with Crippen LogP contribution in [0.2, 0.25) is 0 Å². The van der Waals surface area contributed by atoms with Crippen LogP contribution in [0.25, 0.3) is 0 Å². The molecule has 0 aromatic rings. The topological polar surface area (TPSA) is 49.8 Å². The number of aliphatic hydroxyl groups excluding tert-OH is 1. The van der Waals surface area contributed by atoms with Crippen LogP contribution in [0.4, 0.5) is 0 Å². The van der Waals surface area contributed by atoms with Crippen molar-refractivity contribution < 1.29 is 14.6 Å². The summed E-state index contributed by atoms with van der Waals surface area (Å²) in [7, 11) is 2.90. The van der Waals surface area contributed by atoms with Crippen molar-refractivity contribution in [2.24, 2.45) is 16.7 Å². The summed E-state index contributed by atoms with van der Waals surface area (Å²) in [5, 5.41) is 7.00. The van der Waals surface area contributed by atoms with Gasteiger partial charge in [0.1, 0.15) is 0 Å². The second-order valence-electron chi connectivity index (χ2n) is 7.97. The second kappa shape index (κ2) is 10.2. The van der Waals surface area contributed by atoms with Gasteiger partial charge in [-0.15, -0.1) is 0 Å². The first-order valence-corrected chi connectivity index (χ1v) is 8.19. The van der Waals surface area contributed by atoms with Crippen LogP contribution in [-0.2, 0) is 9.53 Å². The van der Waals surface area contributed by atoms with E-state index in [4.69, 9.17) is 9.84 Å². The highest BCUT2D eigenvalue weighted by Crippen LogP contribution is 2.42. The van der Waals surface area contributed by atoms with Crippen molar-refractivity contribution in [3.63, 3.8) is 0 Å². The van der Waals surface area contributed by atoms with Gasteiger partial charge < -0.3 is 14.7 Å². The number of carbonyl (C=O) groups is 1. The summed E-state index contributed by atoms with van der Waals surface area (Å²) in [6, 6.07) is 0. The van der Waals surface area contributed by atoms with E-state index in [-0.39, 0.29) is 22.8 Å². The number of hydrogen-bond donors (Lipinski definition) is 1. The van der Waals surface area contributed by atoms with E-state index in [2.05, 4.69) is 41.5 Å². The number of nitrogens with zero attached hydrogens (tertiary/aromatic N) is 1. The van der Waals surface area contributed by atoms with Gasteiger partial charge in [0.05, 0.1) is 12.7 Å². The molecule has 0 fully saturated rings. The predicted molar refractivity (Wildman–Crippen MR) is 93.9 cm³/mol. The average Bonchev–Trinajstić information content (AvgIpc) is 2.37. The first-order valence-electron chi connectivity index (χ1n) is 8.19. The third-order valence-electron chi connectivity index (χ3n) is 4.27. The molecular formula is C18H39NO3. The summed E-state index contributed by atoms with van der Waals surface area (Å²) in [5.74, 6) is 0.727. The van der Waals surface area contributed by atoms with Crippen LogP contribution in [-0.4, -0.2) is 49.3 Å². The molecule has 4 heteroatoms. The molecule has 0 aliphatic rings. The van der Waals surface area contributed by atoms with Crippen molar-refractivity contribution in [2.75, 3.05) is 27.3 Å². The van der Waals surface area contributed by atoms with Crippen molar-refractivity contribution in [2.45, 2.75) is 67.9 Å². The molecule has 0 aromatic carbocycles. The summed E-state index contributed by atoms with van der Waals surface area (Å²) in [6.45, 7) is 18.6. The van der Waals surface area contributed by atoms with E-state index >= 15 is 0 Å². The third kappa shape index (κ3) is 8.74. The normalized spacial score (nSPS) is 12.2. The maximum atomic E-state index is 12.4. The predicted octanol–water partition coefficient (Wildman–Crippen LogP) is 3.58. The van der Waals surface area contributed by atoms with Crippen molar-refractivity contribution in [1.82, 2.24) is 4.90 Å². The van der Waals surface area contributed by atoms with E-state index in [0.717, 1.165) is 13.7 Å². The van der Waals surface area contributed by atoms with Crippen molar-refractivity contribution in [1.29, 1.82) is 0 Å². The standard InChI is InChI=1S/C17H35NO2.CH4O/c1-13(2)11-18(9)15(19)10-16(5,6)17(7,8)12-20-14(3)4;1-2/h13-14H,10-12H2,1-9H3;2H,1H3. The highest BCUT2D eigenvalue weighted by atomic mass is 16.5. The first-order chi connectivity index (χ1) is 9.89. The van der Waals surface area contributed by atoms with Gasteiger partial charge in [0.15, 0.2) is 0 Å². The molecule has 0 saturated carbocycles. The Hall–Kier alpha value is -0.610. The zero-order valence-electron chi connectivity index (χ0n) is 16.5. The van der Waals surface area contributed by atoms with Gasteiger partial charge in [0.25, 0.3) is 0 Å². The fourth-order valence-electron chi connectivity index (χ4n) is 1.97. The molecule has 0 rings (SSSR count). The molecule has 0 heterocycles. The molecule has 1 N–H and O–H groups in total. The van der Waals surface area contributed by atoms with Crippen LogP contribution in [0.5, 0.6) is 0 Å². The monoisotopic (exact) mass is 317 g/mol. The number of amides is 1. The molecule has 0 bridgehead atoms. The third-order valence-corrected chi connectivity index (χ3v) is 4.27. The number of ether oxygens (including phenoxy) is 1. The lowest BCUT2D eigenvalue weighted by atomic mass is 9.66. The minimum Gasteiger partial charge on any atom is -0.400 e. The maximum Gasteiger partial charge on any atom is 0.222 e. The quantitative estimate of drug-likeness (QED) is 0.744. The molecule has 0 radical (unpaired) electrons. The van der Waals surface area contributed by atoms with Gasteiger partial charge in [-0.1, -0.05) is 41.5 Å². The zero-order valence-corrected chi connectivity index (χ0v) is 16.5. The van der Waals surface area contributed by atoms with Gasteiger partial charge >= 0.3 is 0 Å². The highest BCUT2D eigenvalue weighted by molar-refractivity contribution is 5.76. The van der Waals surface area contributed by atoms with Crippen LogP contribution < -0.4 is 0 Å². The average molecular weight is 318 g/mol. The second-order valence-corrected chi connectivity index (χ2v) is 7.97. The molecule has 22 heavy (non-hydrogen) atoms. The van der Waals surface area contributed by atoms with E-state index in [1.807, 2.05) is 25.8 Å². The van der Waals surface area contributed by atoms with Crippen LogP contribution in [0.15, 0.2) is 0 Å². The minimum absolute atomic E-state index is 0.0361. The molecule has 0 saturated heterocycles. The summed E-state index contributed by atoms with van der Waals surface area (Å²) in [6.07, 6.45) is 0.786. The number of rotatable bonds is 8. The van der Waals surface area contributed by atoms with E-state index in [1.165, 1.54) is 0 Å². The van der Waals surface area contributed by atoms with Crippen LogP contribution in [0, 0.1) is 16.7 Å². The SMILES string of the molecule is CC(C)CN(C)C(=O)CC(C)(C)C(C)(C)COC(C)C.CO. The smallest absolute Gasteiger partial charge is 0.222 e. The minimum atomic E-state index is -0.0930. The van der Waals surface area contributed by atoms with Crippen molar-refractivity contribution in [3.05, 3.63) is 0 Å². The lowest BCUT2D eigenvalue weighted by Crippen LogP contribution is -2.42. The Morgan fingerprint density at radius 3 is 1.86 bits per heavy atom. The molecule has 4 nitrogen and oxygen atoms in total. The summed E-state index contributed by atoms with van der Waals surface area (Å²) < 4.78 is 5.77. The van der Waals surface area contributed by atoms with Crippen LogP contribution in [0.1, 0.15) is 61.8 Å². The number of aliphatic hydroxyl groups is 1. The maximum absolute atomic E-state index is 12.4. The highest BCUT2D eigenvalue weighted by Gasteiger charge is 2.39. The van der Waals surface area contributed by atoms with Gasteiger partial charge in [-0.3, -0.25) is 4.79 Å². The van der Waals surface area contributed by atoms with Gasteiger partial charge in [0, 0.05) is 27.1 Å². The first kappa shape index (κ1) is 23.7. The number of carbonyl (C=O) groups excluding carboxylic acids is 1.